The van der Waals surface area contributed by atoms with Crippen LogP contribution in [0.15, 0.2) is 72.8 Å². The lowest BCUT2D eigenvalue weighted by Gasteiger charge is -2.30. The molecule has 0 radical (unpaired) electrons. The van der Waals surface area contributed by atoms with Gasteiger partial charge in [0, 0.05) is 9.75 Å². The summed E-state index contributed by atoms with van der Waals surface area (Å²) >= 11 is 4.22. The zero-order chi connectivity index (χ0) is 20.2. The SMILES string of the molecule is C[SiH](C)c1cc2c(s1)-c1sc([SiH](C)C)cc1[Si]2(c1ccccc1)c1ccccc1. The maximum Gasteiger partial charge on any atom is 0.182 e. The first kappa shape index (κ1) is 19.5. The molecule has 0 bridgehead atoms. The van der Waals surface area contributed by atoms with Gasteiger partial charge >= 0.3 is 0 Å². The average molecular weight is 463 g/mol. The molecular formula is C24H26S2Si3. The van der Waals surface area contributed by atoms with Crippen molar-refractivity contribution in [2.45, 2.75) is 26.2 Å². The molecule has 3 heterocycles. The Kier molecular flexibility index (Phi) is 4.91. The predicted molar refractivity (Wildman–Crippen MR) is 142 cm³/mol. The van der Waals surface area contributed by atoms with Crippen molar-refractivity contribution in [3.05, 3.63) is 72.8 Å². The monoisotopic (exact) mass is 462 g/mol. The van der Waals surface area contributed by atoms with Gasteiger partial charge in [-0.2, -0.15) is 0 Å². The quantitative estimate of drug-likeness (QED) is 0.360. The van der Waals surface area contributed by atoms with Gasteiger partial charge in [-0.05, 0) is 29.7 Å². The van der Waals surface area contributed by atoms with Crippen LogP contribution >= 0.6 is 22.7 Å². The molecule has 0 atom stereocenters. The molecule has 29 heavy (non-hydrogen) atoms. The van der Waals surface area contributed by atoms with E-state index in [1.807, 2.05) is 0 Å². The van der Waals surface area contributed by atoms with Gasteiger partial charge in [0.1, 0.15) is 0 Å². The minimum absolute atomic E-state index is 0.835. The molecule has 0 saturated carbocycles. The molecule has 146 valence electrons. The highest BCUT2D eigenvalue weighted by atomic mass is 32.1. The minimum Gasteiger partial charge on any atom is -0.145 e. The zero-order valence-electron chi connectivity index (χ0n) is 17.4. The first-order valence-corrected chi connectivity index (χ1v) is 19.8. The lowest BCUT2D eigenvalue weighted by molar-refractivity contribution is 1.71. The van der Waals surface area contributed by atoms with Gasteiger partial charge in [0.15, 0.2) is 8.07 Å². The molecule has 0 nitrogen and oxygen atoms in total. The van der Waals surface area contributed by atoms with Crippen LogP contribution in [0.1, 0.15) is 0 Å². The Labute approximate surface area is 186 Å². The Morgan fingerprint density at radius 3 is 1.31 bits per heavy atom. The normalized spacial score (nSPS) is 14.4. The summed E-state index contributed by atoms with van der Waals surface area (Å²) in [5.74, 6) is 0. The van der Waals surface area contributed by atoms with E-state index >= 15 is 0 Å². The van der Waals surface area contributed by atoms with Crippen molar-refractivity contribution in [1.29, 1.82) is 0 Å². The highest BCUT2D eigenvalue weighted by Gasteiger charge is 2.51. The number of fused-ring (bicyclic) bond motifs is 3. The van der Waals surface area contributed by atoms with Crippen molar-refractivity contribution in [2.75, 3.05) is 0 Å². The van der Waals surface area contributed by atoms with Crippen molar-refractivity contribution in [2.24, 2.45) is 0 Å². The Morgan fingerprint density at radius 2 is 0.966 bits per heavy atom. The lowest BCUT2D eigenvalue weighted by atomic mass is 10.4. The van der Waals surface area contributed by atoms with Gasteiger partial charge < -0.3 is 0 Å². The third kappa shape index (κ3) is 2.86. The molecule has 2 aromatic carbocycles. The first-order chi connectivity index (χ1) is 14.0. The van der Waals surface area contributed by atoms with Gasteiger partial charge in [0.25, 0.3) is 0 Å². The molecule has 0 N–H and O–H groups in total. The molecule has 5 rings (SSSR count). The van der Waals surface area contributed by atoms with E-state index in [0.29, 0.717) is 0 Å². The fraction of sp³-hybridized carbons (Fsp3) is 0.167. The average Bonchev–Trinajstić information content (AvgIpc) is 3.40. The van der Waals surface area contributed by atoms with Crippen LogP contribution in [-0.2, 0) is 0 Å². The zero-order valence-corrected chi connectivity index (χ0v) is 22.3. The van der Waals surface area contributed by atoms with Crippen molar-refractivity contribution in [3.63, 3.8) is 0 Å². The van der Waals surface area contributed by atoms with Crippen LogP contribution in [-0.4, -0.2) is 25.7 Å². The minimum atomic E-state index is -2.21. The predicted octanol–water partition coefficient (Wildman–Crippen LogP) is 2.55. The van der Waals surface area contributed by atoms with E-state index in [2.05, 4.69) is 122 Å². The highest BCUT2D eigenvalue weighted by Crippen LogP contribution is 2.35. The van der Waals surface area contributed by atoms with Crippen LogP contribution in [0.4, 0.5) is 0 Å². The molecule has 0 spiro atoms. The van der Waals surface area contributed by atoms with Crippen LogP contribution < -0.4 is 29.7 Å². The first-order valence-electron chi connectivity index (χ1n) is 10.4. The van der Waals surface area contributed by atoms with Crippen molar-refractivity contribution in [1.82, 2.24) is 0 Å². The summed E-state index contributed by atoms with van der Waals surface area (Å²) in [5.41, 5.74) is 0. The Hall–Kier alpha value is -1.51. The molecule has 0 unspecified atom stereocenters. The second kappa shape index (κ2) is 7.32. The fourth-order valence-electron chi connectivity index (χ4n) is 4.59. The van der Waals surface area contributed by atoms with Gasteiger partial charge in [0.2, 0.25) is 0 Å². The Morgan fingerprint density at radius 1 is 0.586 bits per heavy atom. The van der Waals surface area contributed by atoms with Gasteiger partial charge in [-0.3, -0.25) is 0 Å². The fourth-order valence-corrected chi connectivity index (χ4v) is 16.9. The lowest BCUT2D eigenvalue weighted by Crippen LogP contribution is -2.72. The summed E-state index contributed by atoms with van der Waals surface area (Å²) in [4.78, 5) is 3.20. The Balaban J connectivity index is 1.92. The van der Waals surface area contributed by atoms with Crippen LogP contribution in [0.2, 0.25) is 26.2 Å². The van der Waals surface area contributed by atoms with Crippen LogP contribution in [0.3, 0.4) is 0 Å². The smallest absolute Gasteiger partial charge is 0.145 e. The summed E-state index contributed by atoms with van der Waals surface area (Å²) in [5, 5.41) is 6.40. The number of thiophene rings is 2. The van der Waals surface area contributed by atoms with E-state index in [0.717, 1.165) is 0 Å². The van der Waals surface area contributed by atoms with E-state index in [4.69, 9.17) is 0 Å². The number of hydrogen-bond donors (Lipinski definition) is 0. The maximum atomic E-state index is 2.63. The second-order valence-electron chi connectivity index (χ2n) is 8.57. The summed E-state index contributed by atoms with van der Waals surface area (Å²) in [6, 6.07) is 28.1. The third-order valence-corrected chi connectivity index (χ3v) is 19.5. The highest BCUT2D eigenvalue weighted by molar-refractivity contribution is 7.39. The molecule has 5 heteroatoms. The number of rotatable bonds is 4. The van der Waals surface area contributed by atoms with Gasteiger partial charge in [-0.25, -0.2) is 0 Å². The van der Waals surface area contributed by atoms with E-state index in [1.54, 1.807) is 29.1 Å². The van der Waals surface area contributed by atoms with E-state index in [-0.39, 0.29) is 0 Å². The topological polar surface area (TPSA) is 0 Å². The summed E-state index contributed by atoms with van der Waals surface area (Å²) < 4.78 is 3.34. The van der Waals surface area contributed by atoms with Crippen molar-refractivity contribution >= 4 is 78.1 Å². The van der Waals surface area contributed by atoms with E-state index in [9.17, 15) is 0 Å². The number of benzene rings is 2. The van der Waals surface area contributed by atoms with E-state index in [1.165, 1.54) is 10.4 Å². The molecule has 0 aliphatic carbocycles. The Bertz CT molecular complexity index is 1060. The maximum absolute atomic E-state index is 2.63. The van der Waals surface area contributed by atoms with Crippen LogP contribution in [0, 0.1) is 0 Å². The van der Waals surface area contributed by atoms with Crippen LogP contribution in [0.25, 0.3) is 9.75 Å². The van der Waals surface area contributed by atoms with E-state index < -0.39 is 25.7 Å². The van der Waals surface area contributed by atoms with Gasteiger partial charge in [-0.15, -0.1) is 22.7 Å². The summed E-state index contributed by atoms with van der Waals surface area (Å²) in [6.45, 7) is 9.88. The molecule has 4 aromatic rings. The van der Waals surface area contributed by atoms with Crippen molar-refractivity contribution in [3.8, 4) is 9.75 Å². The summed E-state index contributed by atoms with van der Waals surface area (Å²) in [7, 11) is -3.88. The molecule has 0 saturated heterocycles. The van der Waals surface area contributed by atoms with Crippen LogP contribution in [0.5, 0.6) is 0 Å². The second-order valence-corrected chi connectivity index (χ2v) is 21.2. The molecule has 0 amide bonds. The third-order valence-electron chi connectivity index (χ3n) is 6.07. The summed E-state index contributed by atoms with van der Waals surface area (Å²) in [6.07, 6.45) is 0. The molecular weight excluding hydrogens is 437 g/mol. The standard InChI is InChI=1S/C24H26S2Si3/c1-27(2)21-15-19-23(25-21)24-20(16-22(26-24)28(3)4)29(19,17-11-7-5-8-12-17)18-13-9-6-10-14-18/h5-16,27-28H,1-4H3. The molecule has 1 aliphatic heterocycles. The van der Waals surface area contributed by atoms with Gasteiger partial charge in [0.05, 0.1) is 17.6 Å². The van der Waals surface area contributed by atoms with Crippen molar-refractivity contribution < 1.29 is 0 Å². The van der Waals surface area contributed by atoms with Gasteiger partial charge in [-0.1, -0.05) is 99.0 Å². The molecule has 1 aliphatic rings. The largest absolute Gasteiger partial charge is 0.182 e. The molecule has 2 aromatic heterocycles. The molecule has 0 fully saturated rings. The number of hydrogen-bond acceptors (Lipinski definition) is 2.